The van der Waals surface area contributed by atoms with E-state index in [1.807, 2.05) is 39.8 Å². The summed E-state index contributed by atoms with van der Waals surface area (Å²) in [6.45, 7) is 17.9. The van der Waals surface area contributed by atoms with Crippen molar-refractivity contribution in [2.24, 2.45) is 22.7 Å². The van der Waals surface area contributed by atoms with E-state index >= 15 is 0 Å². The lowest BCUT2D eigenvalue weighted by molar-refractivity contribution is -0.167. The maximum absolute atomic E-state index is 13.8. The van der Waals surface area contributed by atoms with Crippen LogP contribution in [0.5, 0.6) is 5.75 Å². The molecular weight excluding hydrogens is 696 g/mol. The number of hydrogen-bond donors (Lipinski definition) is 1. The maximum Gasteiger partial charge on any atom is 0.335 e. The summed E-state index contributed by atoms with van der Waals surface area (Å²) in [4.78, 5) is 51.2. The molecule has 0 aliphatic heterocycles. The van der Waals surface area contributed by atoms with Gasteiger partial charge in [0.2, 0.25) is 0 Å². The van der Waals surface area contributed by atoms with Crippen LogP contribution in [-0.4, -0.2) is 55.9 Å². The van der Waals surface area contributed by atoms with Gasteiger partial charge in [-0.3, -0.25) is 14.4 Å². The van der Waals surface area contributed by atoms with Gasteiger partial charge in [-0.25, -0.2) is 4.79 Å². The summed E-state index contributed by atoms with van der Waals surface area (Å²) in [7, 11) is 0. The highest BCUT2D eigenvalue weighted by Crippen LogP contribution is 2.60. The first-order chi connectivity index (χ1) is 26.0. The summed E-state index contributed by atoms with van der Waals surface area (Å²) in [6.07, 6.45) is 8.48. The van der Waals surface area contributed by atoms with Gasteiger partial charge < -0.3 is 24.1 Å². The zero-order valence-corrected chi connectivity index (χ0v) is 34.3. The molecule has 0 bridgehead atoms. The second-order valence-electron chi connectivity index (χ2n) is 18.4. The minimum atomic E-state index is -0.908. The number of aryl methyl sites for hydroxylation is 2. The van der Waals surface area contributed by atoms with E-state index in [1.54, 1.807) is 0 Å². The van der Waals surface area contributed by atoms with Crippen LogP contribution in [0, 0.1) is 22.7 Å². The van der Waals surface area contributed by atoms with Gasteiger partial charge in [-0.1, -0.05) is 66.5 Å². The summed E-state index contributed by atoms with van der Waals surface area (Å²) in [5.74, 6) is -0.302. The molecule has 4 aliphatic carbocycles. The van der Waals surface area contributed by atoms with Crippen LogP contribution in [0.3, 0.4) is 0 Å². The molecule has 300 valence electrons. The van der Waals surface area contributed by atoms with Crippen molar-refractivity contribution in [3.63, 3.8) is 0 Å². The third kappa shape index (κ3) is 7.23. The molecule has 2 fully saturated rings. The van der Waals surface area contributed by atoms with Crippen molar-refractivity contribution in [2.75, 3.05) is 26.4 Å². The van der Waals surface area contributed by atoms with Gasteiger partial charge in [-0.05, 0) is 145 Å². The fraction of sp³-hybridized carbons (Fsp3) is 0.652. The SMILES string of the molecule is CC(C)c1cc2c(cc1OC=O)C1(C)CCCC(C)(C(=O)OCCOCCOC(=O)C3(C)CCCC4(C)c5cc(C(=O)O)c(C(C)C)cc5CCC34)C1CC2. The molecule has 0 saturated heterocycles. The molecule has 0 aromatic heterocycles. The minimum absolute atomic E-state index is 0.0329. The molecule has 2 saturated carbocycles. The van der Waals surface area contributed by atoms with Crippen molar-refractivity contribution in [3.05, 3.63) is 63.2 Å². The minimum Gasteiger partial charge on any atom is -0.478 e. The van der Waals surface area contributed by atoms with Gasteiger partial charge in [0.15, 0.2) is 0 Å². The summed E-state index contributed by atoms with van der Waals surface area (Å²) in [5.41, 5.74) is 5.07. The molecule has 55 heavy (non-hydrogen) atoms. The highest BCUT2D eigenvalue weighted by atomic mass is 16.6. The largest absolute Gasteiger partial charge is 0.478 e. The van der Waals surface area contributed by atoms with E-state index in [0.717, 1.165) is 80.9 Å². The number of carbonyl (C=O) groups excluding carboxylic acids is 3. The number of carboxylic acid groups (broad SMARTS) is 1. The predicted octanol–water partition coefficient (Wildman–Crippen LogP) is 8.99. The zero-order chi connectivity index (χ0) is 39.9. The molecule has 4 aliphatic rings. The quantitative estimate of drug-likeness (QED) is 0.121. The standard InChI is InChI=1S/C46H62O9/c1-28(2)32-23-30-11-13-38-43(5,35(30)25-34(32)40(48)49)15-9-17-45(38,7)41(50)53-21-19-52-20-22-54-42(51)46(8)18-10-16-44(6)36-26-37(55-27-47)33(29(3)4)24-31(36)12-14-39(44)46/h23-29,38-39H,9-22H2,1-8H3,(H,48,49). The number of ether oxygens (including phenoxy) is 4. The Kier molecular flexibility index (Phi) is 11.7. The maximum atomic E-state index is 13.8. The Balaban J connectivity index is 1.02. The van der Waals surface area contributed by atoms with E-state index in [1.165, 1.54) is 16.7 Å². The van der Waals surface area contributed by atoms with Crippen LogP contribution in [0.4, 0.5) is 0 Å². The van der Waals surface area contributed by atoms with E-state index < -0.39 is 16.8 Å². The number of carbonyl (C=O) groups is 4. The van der Waals surface area contributed by atoms with Gasteiger partial charge in [-0.15, -0.1) is 0 Å². The van der Waals surface area contributed by atoms with Crippen LogP contribution < -0.4 is 4.74 Å². The van der Waals surface area contributed by atoms with Crippen LogP contribution in [-0.2, 0) is 52.3 Å². The van der Waals surface area contributed by atoms with Crippen LogP contribution >= 0.6 is 0 Å². The highest BCUT2D eigenvalue weighted by Gasteiger charge is 2.57. The summed E-state index contributed by atoms with van der Waals surface area (Å²) in [6, 6.07) is 8.23. The lowest BCUT2D eigenvalue weighted by Gasteiger charge is -2.54. The molecule has 0 heterocycles. The van der Waals surface area contributed by atoms with Gasteiger partial charge in [0.05, 0.1) is 29.6 Å². The van der Waals surface area contributed by atoms with Crippen LogP contribution in [0.25, 0.3) is 0 Å². The molecule has 0 amide bonds. The van der Waals surface area contributed by atoms with Gasteiger partial charge in [0.1, 0.15) is 19.0 Å². The Morgan fingerprint density at radius 3 is 1.64 bits per heavy atom. The Labute approximate surface area is 327 Å². The summed E-state index contributed by atoms with van der Waals surface area (Å²) < 4.78 is 23.0. The monoisotopic (exact) mass is 758 g/mol. The smallest absolute Gasteiger partial charge is 0.335 e. The molecule has 2 aromatic rings. The number of aromatic carboxylic acids is 1. The average Bonchev–Trinajstić information content (AvgIpc) is 3.13. The number of benzene rings is 2. The van der Waals surface area contributed by atoms with Crippen LogP contribution in [0.15, 0.2) is 24.3 Å². The normalized spacial score (nSPS) is 29.7. The molecule has 9 nitrogen and oxygen atoms in total. The van der Waals surface area contributed by atoms with E-state index in [2.05, 4.69) is 39.8 Å². The highest BCUT2D eigenvalue weighted by molar-refractivity contribution is 5.90. The third-order valence-corrected chi connectivity index (χ3v) is 14.5. The van der Waals surface area contributed by atoms with Gasteiger partial charge in [-0.2, -0.15) is 0 Å². The predicted molar refractivity (Wildman–Crippen MR) is 210 cm³/mol. The molecule has 6 atom stereocenters. The molecule has 0 radical (unpaired) electrons. The van der Waals surface area contributed by atoms with E-state index in [-0.39, 0.29) is 72.9 Å². The number of esters is 2. The number of rotatable bonds is 13. The van der Waals surface area contributed by atoms with Gasteiger partial charge in [0.25, 0.3) is 6.47 Å². The Bertz CT molecular complexity index is 1810. The Morgan fingerprint density at radius 1 is 0.709 bits per heavy atom. The lowest BCUT2D eigenvalue weighted by atomic mass is 9.49. The van der Waals surface area contributed by atoms with Crippen molar-refractivity contribution in [1.29, 1.82) is 0 Å². The van der Waals surface area contributed by atoms with E-state index in [0.29, 0.717) is 17.8 Å². The lowest BCUT2D eigenvalue weighted by Crippen LogP contribution is -2.53. The fourth-order valence-electron chi connectivity index (χ4n) is 11.6. The first-order valence-electron chi connectivity index (χ1n) is 20.6. The third-order valence-electron chi connectivity index (χ3n) is 14.5. The van der Waals surface area contributed by atoms with Crippen LogP contribution in [0.2, 0.25) is 0 Å². The fourth-order valence-corrected chi connectivity index (χ4v) is 11.6. The van der Waals surface area contributed by atoms with E-state index in [9.17, 15) is 24.3 Å². The van der Waals surface area contributed by atoms with Crippen LogP contribution in [0.1, 0.15) is 162 Å². The molecule has 1 N–H and O–H groups in total. The zero-order valence-electron chi connectivity index (χ0n) is 34.3. The second kappa shape index (κ2) is 15.7. The number of fused-ring (bicyclic) bond motifs is 6. The molecule has 0 spiro atoms. The van der Waals surface area contributed by atoms with Gasteiger partial charge >= 0.3 is 17.9 Å². The van der Waals surface area contributed by atoms with Crippen molar-refractivity contribution >= 4 is 24.4 Å². The summed E-state index contributed by atoms with van der Waals surface area (Å²) >= 11 is 0. The van der Waals surface area contributed by atoms with Crippen molar-refractivity contribution < 1.29 is 43.2 Å². The molecule has 6 unspecified atom stereocenters. The summed E-state index contributed by atoms with van der Waals surface area (Å²) in [5, 5.41) is 10.1. The molecule has 2 aromatic carbocycles. The second-order valence-corrected chi connectivity index (χ2v) is 18.4. The molecule has 9 heteroatoms. The van der Waals surface area contributed by atoms with Crippen molar-refractivity contribution in [1.82, 2.24) is 0 Å². The molecular formula is C46H62O9. The van der Waals surface area contributed by atoms with Gasteiger partial charge in [0, 0.05) is 0 Å². The Morgan fingerprint density at radius 2 is 1.18 bits per heavy atom. The first kappa shape index (κ1) is 40.9. The average molecular weight is 759 g/mol. The first-order valence-corrected chi connectivity index (χ1v) is 20.6. The van der Waals surface area contributed by atoms with Crippen molar-refractivity contribution in [3.8, 4) is 5.75 Å². The van der Waals surface area contributed by atoms with E-state index in [4.69, 9.17) is 18.9 Å². The topological polar surface area (TPSA) is 125 Å². The number of carboxylic acids is 1. The van der Waals surface area contributed by atoms with Crippen molar-refractivity contribution in [2.45, 2.75) is 142 Å². The molecule has 6 rings (SSSR count). The Hall–Kier alpha value is -3.72. The number of hydrogen-bond acceptors (Lipinski definition) is 8.